The molecule has 192 valence electrons. The highest BCUT2D eigenvalue weighted by Crippen LogP contribution is 2.45. The van der Waals surface area contributed by atoms with E-state index in [-0.39, 0.29) is 11.9 Å². The zero-order valence-electron chi connectivity index (χ0n) is 21.8. The van der Waals surface area contributed by atoms with Gasteiger partial charge in [-0.2, -0.15) is 0 Å². The Morgan fingerprint density at radius 1 is 0.486 bits per heavy atom. The summed E-state index contributed by atoms with van der Waals surface area (Å²) >= 11 is 0. The molecular formula is C33H36O4. The number of rotatable bonds is 12. The van der Waals surface area contributed by atoms with E-state index in [9.17, 15) is 5.11 Å². The lowest BCUT2D eigenvalue weighted by Crippen LogP contribution is -2.19. The molecule has 0 aliphatic heterocycles. The molecule has 4 rings (SSSR count). The van der Waals surface area contributed by atoms with Gasteiger partial charge in [0.25, 0.3) is 0 Å². The first kappa shape index (κ1) is 26.6. The minimum Gasteiger partial charge on any atom is -0.508 e. The van der Waals surface area contributed by atoms with Gasteiger partial charge in [0.2, 0.25) is 0 Å². The molecule has 4 aromatic carbocycles. The molecule has 4 aromatic rings. The molecule has 0 heterocycles. The lowest BCUT2D eigenvalue weighted by atomic mass is 9.84. The van der Waals surface area contributed by atoms with E-state index in [1.165, 1.54) is 0 Å². The fraction of sp³-hybridized carbons (Fsp3) is 0.273. The monoisotopic (exact) mass is 496 g/mol. The van der Waals surface area contributed by atoms with Crippen molar-refractivity contribution in [3.8, 4) is 5.75 Å². The lowest BCUT2D eigenvalue weighted by molar-refractivity contribution is 0.0650. The molecule has 4 nitrogen and oxygen atoms in total. The summed E-state index contributed by atoms with van der Waals surface area (Å²) in [6, 6.07) is 34.1. The maximum absolute atomic E-state index is 11.4. The number of aromatic hydroxyl groups is 1. The van der Waals surface area contributed by atoms with Crippen molar-refractivity contribution < 1.29 is 19.3 Å². The van der Waals surface area contributed by atoms with Gasteiger partial charge in [0.15, 0.2) is 0 Å². The standard InChI is InChI=1S/C33H36O4/c1-4-35-31(24-16-10-7-11-17-24)27-22-23-28(34)30(33(37-6-3)26-20-14-9-15-21-26)29(27)32(36-5-2)25-18-12-8-13-19-25/h7-23,31-34H,4-6H2,1-3H3. The van der Waals surface area contributed by atoms with Gasteiger partial charge in [-0.15, -0.1) is 0 Å². The third-order valence-electron chi connectivity index (χ3n) is 6.41. The van der Waals surface area contributed by atoms with Crippen molar-refractivity contribution in [2.45, 2.75) is 39.1 Å². The molecular weight excluding hydrogens is 460 g/mol. The van der Waals surface area contributed by atoms with E-state index in [2.05, 4.69) is 24.3 Å². The third-order valence-corrected chi connectivity index (χ3v) is 6.41. The second kappa shape index (κ2) is 13.2. The molecule has 0 radical (unpaired) electrons. The molecule has 3 atom stereocenters. The van der Waals surface area contributed by atoms with Gasteiger partial charge in [-0.3, -0.25) is 0 Å². The Morgan fingerprint density at radius 2 is 0.865 bits per heavy atom. The van der Waals surface area contributed by atoms with E-state index in [1.807, 2.05) is 93.6 Å². The van der Waals surface area contributed by atoms with Crippen LogP contribution in [0.2, 0.25) is 0 Å². The summed E-state index contributed by atoms with van der Waals surface area (Å²) in [7, 11) is 0. The number of phenols is 1. The third kappa shape index (κ3) is 6.11. The van der Waals surface area contributed by atoms with E-state index in [0.29, 0.717) is 25.4 Å². The summed E-state index contributed by atoms with van der Waals surface area (Å²) < 4.78 is 19.2. The van der Waals surface area contributed by atoms with Gasteiger partial charge in [0.05, 0.1) is 0 Å². The van der Waals surface area contributed by atoms with Crippen molar-refractivity contribution in [1.82, 2.24) is 0 Å². The molecule has 0 aromatic heterocycles. The van der Waals surface area contributed by atoms with Gasteiger partial charge in [-0.25, -0.2) is 0 Å². The fourth-order valence-electron chi connectivity index (χ4n) is 4.88. The molecule has 0 aliphatic rings. The predicted molar refractivity (Wildman–Crippen MR) is 148 cm³/mol. The van der Waals surface area contributed by atoms with Crippen LogP contribution in [0, 0.1) is 0 Å². The van der Waals surface area contributed by atoms with Crippen LogP contribution in [-0.4, -0.2) is 24.9 Å². The molecule has 37 heavy (non-hydrogen) atoms. The smallest absolute Gasteiger partial charge is 0.122 e. The first-order valence-corrected chi connectivity index (χ1v) is 13.0. The Morgan fingerprint density at radius 3 is 1.30 bits per heavy atom. The van der Waals surface area contributed by atoms with E-state index in [0.717, 1.165) is 27.8 Å². The minimum atomic E-state index is -0.481. The first-order chi connectivity index (χ1) is 18.2. The summed E-state index contributed by atoms with van der Waals surface area (Å²) in [5.74, 6) is 0.171. The van der Waals surface area contributed by atoms with Gasteiger partial charge in [-0.05, 0) is 49.1 Å². The number of benzene rings is 4. The van der Waals surface area contributed by atoms with Crippen LogP contribution in [-0.2, 0) is 14.2 Å². The molecule has 0 amide bonds. The molecule has 0 saturated carbocycles. The molecule has 0 saturated heterocycles. The minimum absolute atomic E-state index is 0.171. The van der Waals surface area contributed by atoms with Crippen molar-refractivity contribution in [1.29, 1.82) is 0 Å². The number of hydrogen-bond acceptors (Lipinski definition) is 4. The number of ether oxygens (including phenoxy) is 3. The average molecular weight is 497 g/mol. The van der Waals surface area contributed by atoms with Crippen molar-refractivity contribution in [2.75, 3.05) is 19.8 Å². The molecule has 0 fully saturated rings. The van der Waals surface area contributed by atoms with Crippen molar-refractivity contribution in [3.05, 3.63) is 137 Å². The van der Waals surface area contributed by atoms with Crippen LogP contribution >= 0.6 is 0 Å². The number of phenolic OH excluding ortho intramolecular Hbond substituents is 1. The molecule has 0 bridgehead atoms. The number of hydrogen-bond donors (Lipinski definition) is 1. The van der Waals surface area contributed by atoms with E-state index in [4.69, 9.17) is 14.2 Å². The molecule has 3 unspecified atom stereocenters. The van der Waals surface area contributed by atoms with E-state index in [1.54, 1.807) is 6.07 Å². The average Bonchev–Trinajstić information content (AvgIpc) is 2.95. The lowest BCUT2D eigenvalue weighted by Gasteiger charge is -2.31. The predicted octanol–water partition coefficient (Wildman–Crippen LogP) is 7.77. The van der Waals surface area contributed by atoms with Crippen molar-refractivity contribution >= 4 is 0 Å². The molecule has 0 spiro atoms. The molecule has 1 N–H and O–H groups in total. The Balaban J connectivity index is 2.04. The van der Waals surface area contributed by atoms with Gasteiger partial charge in [-0.1, -0.05) is 97.1 Å². The Kier molecular flexibility index (Phi) is 9.50. The van der Waals surface area contributed by atoms with Crippen LogP contribution in [0.3, 0.4) is 0 Å². The fourth-order valence-corrected chi connectivity index (χ4v) is 4.88. The van der Waals surface area contributed by atoms with Crippen molar-refractivity contribution in [2.24, 2.45) is 0 Å². The Labute approximate surface area is 220 Å². The SMILES string of the molecule is CCOC(c1ccccc1)c1ccc(O)c(C(OCC)c2ccccc2)c1C(OCC)c1ccccc1. The maximum atomic E-state index is 11.4. The van der Waals surface area contributed by atoms with E-state index < -0.39 is 12.2 Å². The maximum Gasteiger partial charge on any atom is 0.122 e. The first-order valence-electron chi connectivity index (χ1n) is 13.0. The second-order valence-corrected chi connectivity index (χ2v) is 8.74. The van der Waals surface area contributed by atoms with Crippen molar-refractivity contribution in [3.63, 3.8) is 0 Å². The van der Waals surface area contributed by atoms with E-state index >= 15 is 0 Å². The summed E-state index contributed by atoms with van der Waals surface area (Å²) in [4.78, 5) is 0. The molecule has 4 heteroatoms. The van der Waals surface area contributed by atoms with Gasteiger partial charge in [0, 0.05) is 30.9 Å². The van der Waals surface area contributed by atoms with Crippen LogP contribution in [0.1, 0.15) is 72.5 Å². The zero-order valence-corrected chi connectivity index (χ0v) is 21.8. The van der Waals surface area contributed by atoms with Crippen LogP contribution in [0.25, 0.3) is 0 Å². The van der Waals surface area contributed by atoms with Crippen LogP contribution in [0.5, 0.6) is 5.75 Å². The van der Waals surface area contributed by atoms with Crippen LogP contribution in [0.4, 0.5) is 0 Å². The highest BCUT2D eigenvalue weighted by atomic mass is 16.5. The summed E-state index contributed by atoms with van der Waals surface area (Å²) in [6.07, 6.45) is -1.25. The summed E-state index contributed by atoms with van der Waals surface area (Å²) in [6.45, 7) is 7.49. The van der Waals surface area contributed by atoms with Gasteiger partial charge < -0.3 is 19.3 Å². The highest BCUT2D eigenvalue weighted by Gasteiger charge is 2.32. The summed E-state index contributed by atoms with van der Waals surface area (Å²) in [5.41, 5.74) is 5.53. The normalized spacial score (nSPS) is 13.7. The quantitative estimate of drug-likeness (QED) is 0.218. The highest BCUT2D eigenvalue weighted by molar-refractivity contribution is 5.54. The zero-order chi connectivity index (χ0) is 26.0. The second-order valence-electron chi connectivity index (χ2n) is 8.74. The topological polar surface area (TPSA) is 47.9 Å². The van der Waals surface area contributed by atoms with Crippen LogP contribution in [0.15, 0.2) is 103 Å². The molecule has 0 aliphatic carbocycles. The Bertz CT molecular complexity index is 1230. The van der Waals surface area contributed by atoms with Gasteiger partial charge >= 0.3 is 0 Å². The van der Waals surface area contributed by atoms with Gasteiger partial charge in [0.1, 0.15) is 24.1 Å². The Hall–Kier alpha value is -3.44. The summed E-state index contributed by atoms with van der Waals surface area (Å²) in [5, 5.41) is 11.4. The largest absolute Gasteiger partial charge is 0.508 e. The van der Waals surface area contributed by atoms with Crippen LogP contribution < -0.4 is 0 Å².